The summed E-state index contributed by atoms with van der Waals surface area (Å²) in [4.78, 5) is 27.8. The van der Waals surface area contributed by atoms with E-state index in [1.165, 1.54) is 18.3 Å². The van der Waals surface area contributed by atoms with Gasteiger partial charge in [-0.3, -0.25) is 9.59 Å². The number of amides is 2. The average molecular weight is 394 g/mol. The van der Waals surface area contributed by atoms with Gasteiger partial charge in [-0.2, -0.15) is 0 Å². The summed E-state index contributed by atoms with van der Waals surface area (Å²) in [6.45, 7) is 4.15. The van der Waals surface area contributed by atoms with Gasteiger partial charge in [-0.15, -0.1) is 11.3 Å². The number of benzene rings is 2. The second-order valence-electron chi connectivity index (χ2n) is 6.62. The van der Waals surface area contributed by atoms with Crippen molar-refractivity contribution in [1.82, 2.24) is 10.3 Å². The van der Waals surface area contributed by atoms with Gasteiger partial charge >= 0.3 is 0 Å². The molecule has 3 aromatic rings. The summed E-state index contributed by atoms with van der Waals surface area (Å²) in [7, 11) is 0. The van der Waals surface area contributed by atoms with Gasteiger partial charge in [0.2, 0.25) is 11.8 Å². The highest BCUT2D eigenvalue weighted by Gasteiger charge is 2.10. The molecule has 2 amide bonds. The lowest BCUT2D eigenvalue weighted by molar-refractivity contribution is -0.119. The second-order valence-corrected chi connectivity index (χ2v) is 7.48. The monoisotopic (exact) mass is 393 g/mol. The van der Waals surface area contributed by atoms with E-state index in [4.69, 9.17) is 0 Å². The van der Waals surface area contributed by atoms with Crippen LogP contribution in [0, 0.1) is 6.92 Å². The van der Waals surface area contributed by atoms with Crippen LogP contribution in [0.3, 0.4) is 0 Å². The van der Waals surface area contributed by atoms with Crippen molar-refractivity contribution in [3.8, 4) is 11.3 Å². The van der Waals surface area contributed by atoms with Crippen LogP contribution in [-0.4, -0.2) is 23.3 Å². The van der Waals surface area contributed by atoms with E-state index in [1.54, 1.807) is 0 Å². The number of anilines is 1. The minimum absolute atomic E-state index is 0.0175. The van der Waals surface area contributed by atoms with Gasteiger partial charge in [0, 0.05) is 24.4 Å². The van der Waals surface area contributed by atoms with Gasteiger partial charge in [0.25, 0.3) is 0 Å². The molecule has 0 spiro atoms. The summed E-state index contributed by atoms with van der Waals surface area (Å²) in [5, 5.41) is 8.22. The number of nitrogens with one attached hydrogen (secondary N) is 2. The molecule has 144 valence electrons. The van der Waals surface area contributed by atoms with Gasteiger partial charge in [-0.05, 0) is 30.0 Å². The summed E-state index contributed by atoms with van der Waals surface area (Å²) >= 11 is 1.42. The number of carbonyl (C=O) groups is 2. The summed E-state index contributed by atoms with van der Waals surface area (Å²) in [6.07, 6.45) is 1.13. The Morgan fingerprint density at radius 2 is 1.82 bits per heavy atom. The van der Waals surface area contributed by atoms with Crippen molar-refractivity contribution < 1.29 is 9.59 Å². The van der Waals surface area contributed by atoms with Crippen molar-refractivity contribution >= 4 is 28.3 Å². The minimum Gasteiger partial charge on any atom is -0.356 e. The molecule has 0 aliphatic rings. The summed E-state index contributed by atoms with van der Waals surface area (Å²) in [6, 6.07) is 16.0. The van der Waals surface area contributed by atoms with Gasteiger partial charge in [0.05, 0.1) is 12.1 Å². The number of thiazole rings is 1. The summed E-state index contributed by atoms with van der Waals surface area (Å²) < 4.78 is 0. The molecule has 2 aromatic carbocycles. The Morgan fingerprint density at radius 3 is 2.54 bits per heavy atom. The first kappa shape index (κ1) is 19.8. The molecule has 0 bridgehead atoms. The number of hydrogen-bond donors (Lipinski definition) is 2. The number of aromatic nitrogens is 1. The maximum Gasteiger partial charge on any atom is 0.230 e. The maximum atomic E-state index is 12.3. The molecule has 0 aliphatic carbocycles. The molecule has 5 nitrogen and oxygen atoms in total. The quantitative estimate of drug-likeness (QED) is 0.638. The van der Waals surface area contributed by atoms with Gasteiger partial charge in [-0.25, -0.2) is 4.98 Å². The highest BCUT2D eigenvalue weighted by atomic mass is 32.1. The topological polar surface area (TPSA) is 71.1 Å². The average Bonchev–Trinajstić information content (AvgIpc) is 3.12. The lowest BCUT2D eigenvalue weighted by Gasteiger charge is -2.05. The molecule has 2 N–H and O–H groups in total. The first-order chi connectivity index (χ1) is 13.5. The van der Waals surface area contributed by atoms with Gasteiger partial charge in [-0.1, -0.05) is 48.5 Å². The van der Waals surface area contributed by atoms with E-state index in [0.29, 0.717) is 18.1 Å². The third-order valence-electron chi connectivity index (χ3n) is 4.40. The molecule has 0 radical (unpaired) electrons. The first-order valence-electron chi connectivity index (χ1n) is 9.15. The smallest absolute Gasteiger partial charge is 0.230 e. The number of carbonyl (C=O) groups excluding carboxylic acids is 2. The Bertz CT molecular complexity index is 964. The molecule has 0 fully saturated rings. The molecular formula is C22H23N3O2S. The van der Waals surface area contributed by atoms with E-state index in [0.717, 1.165) is 34.4 Å². The van der Waals surface area contributed by atoms with Gasteiger partial charge in [0.1, 0.15) is 0 Å². The van der Waals surface area contributed by atoms with Crippen molar-refractivity contribution in [1.29, 1.82) is 0 Å². The van der Waals surface area contributed by atoms with Crippen molar-refractivity contribution in [2.45, 2.75) is 26.7 Å². The molecular weight excluding hydrogens is 370 g/mol. The van der Waals surface area contributed by atoms with E-state index < -0.39 is 0 Å². The standard InChI is InChI=1S/C22H23N3O2S/c1-15-5-3-4-6-19(15)13-21(27)25-22-24-20(14-28-22)18-9-7-17(8-10-18)11-12-23-16(2)26/h3-10,14H,11-13H2,1-2H3,(H,23,26)(H,24,25,27). The van der Waals surface area contributed by atoms with Crippen LogP contribution in [0.25, 0.3) is 11.3 Å². The molecule has 0 atom stereocenters. The molecule has 0 saturated carbocycles. The molecule has 1 heterocycles. The lowest BCUT2D eigenvalue weighted by Crippen LogP contribution is -2.22. The predicted octanol–water partition coefficient (Wildman–Crippen LogP) is 3.98. The number of nitrogens with zero attached hydrogens (tertiary/aromatic N) is 1. The fourth-order valence-corrected chi connectivity index (χ4v) is 3.57. The summed E-state index contributed by atoms with van der Waals surface area (Å²) in [5.41, 5.74) is 5.12. The maximum absolute atomic E-state index is 12.3. The first-order valence-corrected chi connectivity index (χ1v) is 10.0. The van der Waals surface area contributed by atoms with E-state index in [2.05, 4.69) is 15.6 Å². The minimum atomic E-state index is -0.0662. The van der Waals surface area contributed by atoms with Crippen LogP contribution >= 0.6 is 11.3 Å². The van der Waals surface area contributed by atoms with E-state index in [-0.39, 0.29) is 11.8 Å². The normalized spacial score (nSPS) is 10.5. The highest BCUT2D eigenvalue weighted by molar-refractivity contribution is 7.14. The highest BCUT2D eigenvalue weighted by Crippen LogP contribution is 2.25. The Morgan fingerprint density at radius 1 is 1.07 bits per heavy atom. The van der Waals surface area contributed by atoms with Crippen molar-refractivity contribution in [3.63, 3.8) is 0 Å². The molecule has 1 aromatic heterocycles. The molecule has 0 aliphatic heterocycles. The fraction of sp³-hybridized carbons (Fsp3) is 0.227. The number of hydrogen-bond acceptors (Lipinski definition) is 4. The van der Waals surface area contributed by atoms with E-state index in [9.17, 15) is 9.59 Å². The van der Waals surface area contributed by atoms with Crippen LogP contribution in [0.15, 0.2) is 53.9 Å². The molecule has 0 saturated heterocycles. The van der Waals surface area contributed by atoms with Gasteiger partial charge < -0.3 is 10.6 Å². The largest absolute Gasteiger partial charge is 0.356 e. The zero-order valence-corrected chi connectivity index (χ0v) is 16.8. The summed E-state index contributed by atoms with van der Waals surface area (Å²) in [5.74, 6) is -0.0837. The zero-order valence-electron chi connectivity index (χ0n) is 16.0. The Hall–Kier alpha value is -2.99. The lowest BCUT2D eigenvalue weighted by atomic mass is 10.1. The third-order valence-corrected chi connectivity index (χ3v) is 5.16. The Kier molecular flexibility index (Phi) is 6.55. The zero-order chi connectivity index (χ0) is 19.9. The van der Waals surface area contributed by atoms with Crippen molar-refractivity contribution in [3.05, 3.63) is 70.6 Å². The van der Waals surface area contributed by atoms with Gasteiger partial charge in [0.15, 0.2) is 5.13 Å². The van der Waals surface area contributed by atoms with Crippen LogP contribution in [0.2, 0.25) is 0 Å². The molecule has 3 rings (SSSR count). The van der Waals surface area contributed by atoms with Crippen LogP contribution in [-0.2, 0) is 22.4 Å². The number of aryl methyl sites for hydroxylation is 1. The van der Waals surface area contributed by atoms with Crippen LogP contribution in [0.1, 0.15) is 23.6 Å². The van der Waals surface area contributed by atoms with Crippen LogP contribution < -0.4 is 10.6 Å². The number of rotatable bonds is 7. The van der Waals surface area contributed by atoms with E-state index >= 15 is 0 Å². The third kappa shape index (κ3) is 5.50. The van der Waals surface area contributed by atoms with Crippen LogP contribution in [0.4, 0.5) is 5.13 Å². The molecule has 28 heavy (non-hydrogen) atoms. The Labute approximate surface area is 168 Å². The molecule has 6 heteroatoms. The molecule has 0 unspecified atom stereocenters. The SMILES string of the molecule is CC(=O)NCCc1ccc(-c2csc(NC(=O)Cc3ccccc3C)n2)cc1. The van der Waals surface area contributed by atoms with Crippen LogP contribution in [0.5, 0.6) is 0 Å². The second kappa shape index (κ2) is 9.28. The van der Waals surface area contributed by atoms with Crippen molar-refractivity contribution in [2.75, 3.05) is 11.9 Å². The predicted molar refractivity (Wildman–Crippen MR) is 113 cm³/mol. The fourth-order valence-electron chi connectivity index (χ4n) is 2.83. The Balaban J connectivity index is 1.58. The van der Waals surface area contributed by atoms with Crippen molar-refractivity contribution in [2.24, 2.45) is 0 Å². The van der Waals surface area contributed by atoms with E-state index in [1.807, 2.05) is 60.8 Å².